The van der Waals surface area contributed by atoms with Crippen molar-refractivity contribution in [2.24, 2.45) is 0 Å². The average Bonchev–Trinajstić information content (AvgIpc) is 2.44. The van der Waals surface area contributed by atoms with E-state index in [0.29, 0.717) is 5.52 Å². The molecule has 0 amide bonds. The predicted molar refractivity (Wildman–Crippen MR) is 78.3 cm³/mol. The zero-order valence-electron chi connectivity index (χ0n) is 11.0. The number of aryl methyl sites for hydroxylation is 2. The Kier molecular flexibility index (Phi) is 2.71. The smallest absolute Gasteiger partial charge is 0.149 e. The number of aromatic hydroxyl groups is 1. The first-order valence-corrected chi connectivity index (χ1v) is 6.32. The SMILES string of the molecule is Cc1ccccc1-c1cc(C)c2cccnc2c1O. The van der Waals surface area contributed by atoms with Gasteiger partial charge in [0, 0.05) is 17.1 Å². The minimum absolute atomic E-state index is 0.260. The zero-order valence-corrected chi connectivity index (χ0v) is 11.0. The highest BCUT2D eigenvalue weighted by Crippen LogP contribution is 2.37. The van der Waals surface area contributed by atoms with E-state index in [2.05, 4.69) is 4.98 Å². The molecule has 1 heterocycles. The summed E-state index contributed by atoms with van der Waals surface area (Å²) in [6, 6.07) is 14.0. The minimum atomic E-state index is 0.260. The lowest BCUT2D eigenvalue weighted by Gasteiger charge is -2.12. The first-order valence-electron chi connectivity index (χ1n) is 6.32. The van der Waals surface area contributed by atoms with E-state index in [-0.39, 0.29) is 5.75 Å². The van der Waals surface area contributed by atoms with Crippen LogP contribution in [-0.2, 0) is 0 Å². The lowest BCUT2D eigenvalue weighted by molar-refractivity contribution is 0.482. The molecule has 0 atom stereocenters. The molecular weight excluding hydrogens is 234 g/mol. The van der Waals surface area contributed by atoms with Crippen LogP contribution in [0, 0.1) is 13.8 Å². The molecule has 0 spiro atoms. The van der Waals surface area contributed by atoms with E-state index in [4.69, 9.17) is 0 Å². The van der Waals surface area contributed by atoms with Crippen molar-refractivity contribution in [3.63, 3.8) is 0 Å². The van der Waals surface area contributed by atoms with Crippen LogP contribution in [0.3, 0.4) is 0 Å². The fraction of sp³-hybridized carbons (Fsp3) is 0.118. The molecule has 19 heavy (non-hydrogen) atoms. The number of benzene rings is 2. The molecule has 2 aromatic carbocycles. The molecule has 0 saturated carbocycles. The van der Waals surface area contributed by atoms with Crippen LogP contribution in [0.4, 0.5) is 0 Å². The van der Waals surface area contributed by atoms with Crippen LogP contribution in [0.2, 0.25) is 0 Å². The molecule has 0 aliphatic heterocycles. The molecule has 2 heteroatoms. The Hall–Kier alpha value is -2.35. The summed E-state index contributed by atoms with van der Waals surface area (Å²) in [5.41, 5.74) is 4.84. The van der Waals surface area contributed by atoms with Crippen molar-refractivity contribution in [2.75, 3.05) is 0 Å². The molecule has 3 aromatic rings. The largest absolute Gasteiger partial charge is 0.505 e. The average molecular weight is 249 g/mol. The standard InChI is InChI=1S/C17H15NO/c1-11-6-3-4-7-13(11)15-10-12(2)14-8-5-9-18-16(14)17(15)19/h3-10,19H,1-2H3. The number of aromatic nitrogens is 1. The molecule has 1 N–H and O–H groups in total. The first kappa shape index (κ1) is 11.7. The maximum atomic E-state index is 10.5. The number of phenolic OH excluding ortho intramolecular Hbond substituents is 1. The number of rotatable bonds is 1. The van der Waals surface area contributed by atoms with E-state index in [9.17, 15) is 5.11 Å². The van der Waals surface area contributed by atoms with Gasteiger partial charge in [0.2, 0.25) is 0 Å². The number of hydrogen-bond acceptors (Lipinski definition) is 2. The summed E-state index contributed by atoms with van der Waals surface area (Å²) in [4.78, 5) is 4.31. The van der Waals surface area contributed by atoms with Crippen LogP contribution in [-0.4, -0.2) is 10.1 Å². The van der Waals surface area contributed by atoms with Gasteiger partial charge in [-0.2, -0.15) is 0 Å². The van der Waals surface area contributed by atoms with Crippen molar-refractivity contribution in [1.29, 1.82) is 0 Å². The van der Waals surface area contributed by atoms with Gasteiger partial charge >= 0.3 is 0 Å². The molecule has 3 rings (SSSR count). The summed E-state index contributed by atoms with van der Waals surface area (Å²) >= 11 is 0. The monoisotopic (exact) mass is 249 g/mol. The van der Waals surface area contributed by atoms with E-state index in [1.807, 2.05) is 56.3 Å². The van der Waals surface area contributed by atoms with Crippen LogP contribution < -0.4 is 0 Å². The van der Waals surface area contributed by atoms with Gasteiger partial charge in [-0.3, -0.25) is 4.98 Å². The number of pyridine rings is 1. The van der Waals surface area contributed by atoms with E-state index < -0.39 is 0 Å². The normalized spacial score (nSPS) is 10.8. The molecule has 94 valence electrons. The molecular formula is C17H15NO. The maximum absolute atomic E-state index is 10.5. The maximum Gasteiger partial charge on any atom is 0.149 e. The Morgan fingerprint density at radius 1 is 0.895 bits per heavy atom. The van der Waals surface area contributed by atoms with Gasteiger partial charge in [-0.25, -0.2) is 0 Å². The van der Waals surface area contributed by atoms with Gasteiger partial charge in [-0.1, -0.05) is 30.3 Å². The second-order valence-electron chi connectivity index (χ2n) is 4.80. The summed E-state index contributed by atoms with van der Waals surface area (Å²) in [6.07, 6.45) is 1.71. The Labute approximate surface area is 112 Å². The van der Waals surface area contributed by atoms with Gasteiger partial charge in [0.1, 0.15) is 11.3 Å². The lowest BCUT2D eigenvalue weighted by Crippen LogP contribution is -1.89. The molecule has 0 radical (unpaired) electrons. The third kappa shape index (κ3) is 1.85. The Bertz CT molecular complexity index is 762. The second kappa shape index (κ2) is 4.39. The Morgan fingerprint density at radius 2 is 1.68 bits per heavy atom. The molecule has 0 aliphatic carbocycles. The Balaban J connectivity index is 2.38. The highest BCUT2D eigenvalue weighted by molar-refractivity contribution is 5.94. The van der Waals surface area contributed by atoms with Gasteiger partial charge in [-0.05, 0) is 42.7 Å². The summed E-state index contributed by atoms with van der Waals surface area (Å²) < 4.78 is 0. The van der Waals surface area contributed by atoms with Crippen LogP contribution in [0.5, 0.6) is 5.75 Å². The number of fused-ring (bicyclic) bond motifs is 1. The molecule has 1 aromatic heterocycles. The van der Waals surface area contributed by atoms with Crippen LogP contribution in [0.25, 0.3) is 22.0 Å². The van der Waals surface area contributed by atoms with E-state index in [1.54, 1.807) is 6.20 Å². The third-order valence-corrected chi connectivity index (χ3v) is 3.51. The minimum Gasteiger partial charge on any atom is -0.505 e. The quantitative estimate of drug-likeness (QED) is 0.700. The van der Waals surface area contributed by atoms with Crippen LogP contribution in [0.15, 0.2) is 48.7 Å². The Morgan fingerprint density at radius 3 is 2.47 bits per heavy atom. The number of phenols is 1. The van der Waals surface area contributed by atoms with Gasteiger partial charge in [0.15, 0.2) is 0 Å². The van der Waals surface area contributed by atoms with Gasteiger partial charge in [-0.15, -0.1) is 0 Å². The zero-order chi connectivity index (χ0) is 13.4. The molecule has 0 bridgehead atoms. The van der Waals surface area contributed by atoms with E-state index in [1.165, 1.54) is 0 Å². The lowest BCUT2D eigenvalue weighted by atomic mass is 9.96. The topological polar surface area (TPSA) is 33.1 Å². The van der Waals surface area contributed by atoms with Crippen LogP contribution in [0.1, 0.15) is 11.1 Å². The van der Waals surface area contributed by atoms with Crippen molar-refractivity contribution in [1.82, 2.24) is 4.98 Å². The summed E-state index contributed by atoms with van der Waals surface area (Å²) in [5.74, 6) is 0.260. The van der Waals surface area contributed by atoms with Gasteiger partial charge in [0.05, 0.1) is 0 Å². The fourth-order valence-corrected chi connectivity index (χ4v) is 2.48. The molecule has 0 saturated heterocycles. The first-order chi connectivity index (χ1) is 9.18. The molecule has 2 nitrogen and oxygen atoms in total. The highest BCUT2D eigenvalue weighted by atomic mass is 16.3. The van der Waals surface area contributed by atoms with Crippen molar-refractivity contribution in [3.05, 3.63) is 59.8 Å². The van der Waals surface area contributed by atoms with Crippen molar-refractivity contribution >= 4 is 10.9 Å². The third-order valence-electron chi connectivity index (χ3n) is 3.51. The fourth-order valence-electron chi connectivity index (χ4n) is 2.48. The van der Waals surface area contributed by atoms with Crippen molar-refractivity contribution in [2.45, 2.75) is 13.8 Å². The van der Waals surface area contributed by atoms with E-state index in [0.717, 1.165) is 27.6 Å². The van der Waals surface area contributed by atoms with Crippen molar-refractivity contribution in [3.8, 4) is 16.9 Å². The molecule has 0 aliphatic rings. The summed E-state index contributed by atoms with van der Waals surface area (Å²) in [6.45, 7) is 4.10. The van der Waals surface area contributed by atoms with Crippen LogP contribution >= 0.6 is 0 Å². The summed E-state index contributed by atoms with van der Waals surface area (Å²) in [5, 5.41) is 11.5. The highest BCUT2D eigenvalue weighted by Gasteiger charge is 2.12. The van der Waals surface area contributed by atoms with Gasteiger partial charge in [0.25, 0.3) is 0 Å². The second-order valence-corrected chi connectivity index (χ2v) is 4.80. The molecule has 0 fully saturated rings. The molecule has 0 unspecified atom stereocenters. The summed E-state index contributed by atoms with van der Waals surface area (Å²) in [7, 11) is 0. The van der Waals surface area contributed by atoms with Crippen molar-refractivity contribution < 1.29 is 5.11 Å². The predicted octanol–water partition coefficient (Wildman–Crippen LogP) is 4.22. The van der Waals surface area contributed by atoms with Gasteiger partial charge < -0.3 is 5.11 Å². The van der Waals surface area contributed by atoms with E-state index >= 15 is 0 Å². The number of hydrogen-bond donors (Lipinski definition) is 1. The number of nitrogens with zero attached hydrogens (tertiary/aromatic N) is 1.